The number of carbonyl (C=O) groups is 1. The summed E-state index contributed by atoms with van der Waals surface area (Å²) in [4.78, 5) is 9.84. The van der Waals surface area contributed by atoms with Crippen LogP contribution in [0.3, 0.4) is 0 Å². The smallest absolute Gasteiger partial charge is 0.352 e. The number of hydrogen-bond donors (Lipinski definition) is 5. The van der Waals surface area contributed by atoms with E-state index in [2.05, 4.69) is 17.9 Å². The van der Waals surface area contributed by atoms with Crippen LogP contribution >= 0.6 is 12.6 Å². The van der Waals surface area contributed by atoms with Gasteiger partial charge in [0, 0.05) is 12.3 Å². The van der Waals surface area contributed by atoms with Gasteiger partial charge in [0.15, 0.2) is 0 Å². The van der Waals surface area contributed by atoms with Gasteiger partial charge in [-0.15, -0.1) is 0 Å². The van der Waals surface area contributed by atoms with Crippen LogP contribution in [0.4, 0.5) is 4.79 Å². The third-order valence-corrected chi connectivity index (χ3v) is 0.635. The van der Waals surface area contributed by atoms with Crippen LogP contribution in [0.25, 0.3) is 0 Å². The summed E-state index contributed by atoms with van der Waals surface area (Å²) in [5, 5.41) is 2.36. The van der Waals surface area contributed by atoms with Gasteiger partial charge < -0.3 is 11.1 Å². The van der Waals surface area contributed by atoms with Crippen molar-refractivity contribution in [1.82, 2.24) is 5.32 Å². The molecule has 0 aromatic rings. The van der Waals surface area contributed by atoms with Crippen molar-refractivity contribution in [1.29, 1.82) is 0 Å². The Labute approximate surface area is 124 Å². The van der Waals surface area contributed by atoms with E-state index in [0.717, 1.165) is 0 Å². The molecule has 0 saturated heterocycles. The molecule has 5 N–H and O–H groups in total. The number of urea groups is 1. The van der Waals surface area contributed by atoms with Crippen LogP contribution in [0, 0.1) is 0 Å². The Balaban J connectivity index is -0.000000150. The summed E-state index contributed by atoms with van der Waals surface area (Å²) < 4.78 is 31.6. The number of primary amides is 1. The summed E-state index contributed by atoms with van der Waals surface area (Å²) in [6, 6.07) is -0.492. The molecule has 0 radical (unpaired) electrons. The average Bonchev–Trinajstić information content (AvgIpc) is 1.79. The predicted octanol–water partition coefficient (Wildman–Crippen LogP) is -4.06. The van der Waals surface area contributed by atoms with Gasteiger partial charge in [-0.3, -0.25) is 9.11 Å². The van der Waals surface area contributed by atoms with Crippen molar-refractivity contribution in [2.24, 2.45) is 5.73 Å². The van der Waals surface area contributed by atoms with Gasteiger partial charge in [-0.2, -0.15) is 21.0 Å². The molecule has 0 atom stereocenters. The number of nitrogens with one attached hydrogen (secondary N) is 1. The van der Waals surface area contributed by atoms with Gasteiger partial charge >= 0.3 is 67.8 Å². The maximum atomic E-state index is 9.84. The second kappa shape index (κ2) is 11.2. The molecule has 2 amide bonds. The van der Waals surface area contributed by atoms with E-state index in [4.69, 9.17) is 23.3 Å². The van der Waals surface area contributed by atoms with Crippen molar-refractivity contribution in [2.45, 2.75) is 0 Å². The third kappa shape index (κ3) is 61.8. The van der Waals surface area contributed by atoms with Crippen LogP contribution in [0.2, 0.25) is 0 Å². The summed E-state index contributed by atoms with van der Waals surface area (Å²) in [5.74, 6) is 0.628. The first-order valence-corrected chi connectivity index (χ1v) is 4.64. The number of rotatable bonds is 2. The van der Waals surface area contributed by atoms with Gasteiger partial charge in [-0.05, 0) is 0 Å². The Morgan fingerprint density at radius 1 is 1.46 bits per heavy atom. The number of hydrogen-bond acceptors (Lipinski definition) is 4. The summed E-state index contributed by atoms with van der Waals surface area (Å²) in [6.07, 6.45) is 0. The molecule has 10 heteroatoms. The summed E-state index contributed by atoms with van der Waals surface area (Å²) in [7, 11) is -4.67. The van der Waals surface area contributed by atoms with Crippen molar-refractivity contribution in [3.05, 3.63) is 0 Å². The molecule has 74 valence electrons. The zero-order chi connectivity index (χ0) is 10.2. The molecule has 0 saturated carbocycles. The van der Waals surface area contributed by atoms with Crippen LogP contribution in [-0.2, 0) is 10.4 Å². The molecule has 13 heavy (non-hydrogen) atoms. The molecule has 0 rings (SSSR count). The van der Waals surface area contributed by atoms with Crippen LogP contribution in [0.15, 0.2) is 0 Å². The minimum atomic E-state index is -4.67. The number of thiol groups is 1. The first-order valence-electron chi connectivity index (χ1n) is 2.61. The SMILES string of the molecule is NC(=O)NCCS.O=S(=O)(O)O.[K+]. The van der Waals surface area contributed by atoms with Crippen molar-refractivity contribution in [3.63, 3.8) is 0 Å². The second-order valence-electron chi connectivity index (χ2n) is 1.46. The summed E-state index contributed by atoms with van der Waals surface area (Å²) in [6.45, 7) is 0.540. The predicted molar refractivity (Wildman–Crippen MR) is 45.6 cm³/mol. The minimum Gasteiger partial charge on any atom is -0.352 e. The molecule has 0 aliphatic heterocycles. The van der Waals surface area contributed by atoms with E-state index >= 15 is 0 Å². The van der Waals surface area contributed by atoms with Gasteiger partial charge in [0.05, 0.1) is 0 Å². The Bertz CT molecular complexity index is 210. The standard InChI is InChI=1S/C3H8N2OS.K.H2O4S/c4-3(6)5-1-2-7;;1-5(2,3)4/h7H,1-2H2,(H3,4,5,6);;(H2,1,2,3,4)/q;+1;. The fourth-order valence-electron chi connectivity index (χ4n) is 0.179. The number of nitrogens with two attached hydrogens (primary N) is 1. The van der Waals surface area contributed by atoms with E-state index in [0.29, 0.717) is 12.3 Å². The third-order valence-electron chi connectivity index (χ3n) is 0.411. The molecule has 7 nitrogen and oxygen atoms in total. The molecule has 0 spiro atoms. The fourth-order valence-corrected chi connectivity index (χ4v) is 0.291. The summed E-state index contributed by atoms with van der Waals surface area (Å²) in [5.41, 5.74) is 4.69. The monoisotopic (exact) mass is 257 g/mol. The molecule has 0 unspecified atom stereocenters. The van der Waals surface area contributed by atoms with E-state index in [-0.39, 0.29) is 51.4 Å². The molecule has 0 bridgehead atoms. The van der Waals surface area contributed by atoms with E-state index in [1.165, 1.54) is 0 Å². The van der Waals surface area contributed by atoms with Crippen LogP contribution in [0.1, 0.15) is 0 Å². The molecule has 0 aromatic carbocycles. The van der Waals surface area contributed by atoms with Gasteiger partial charge in [0.1, 0.15) is 0 Å². The fraction of sp³-hybridized carbons (Fsp3) is 0.667. The van der Waals surface area contributed by atoms with Gasteiger partial charge in [-0.25, -0.2) is 4.79 Å². The molecule has 0 aromatic heterocycles. The van der Waals surface area contributed by atoms with Gasteiger partial charge in [0.25, 0.3) is 0 Å². The van der Waals surface area contributed by atoms with E-state index in [9.17, 15) is 4.79 Å². The maximum absolute atomic E-state index is 9.84. The first-order chi connectivity index (χ1) is 5.27. The summed E-state index contributed by atoms with van der Waals surface area (Å²) >= 11 is 3.82. The van der Waals surface area contributed by atoms with Gasteiger partial charge in [0.2, 0.25) is 0 Å². The number of carbonyl (C=O) groups excluding carboxylic acids is 1. The average molecular weight is 257 g/mol. The largest absolute Gasteiger partial charge is 1.00 e. The van der Waals surface area contributed by atoms with Gasteiger partial charge in [-0.1, -0.05) is 0 Å². The first kappa shape index (κ1) is 19.7. The van der Waals surface area contributed by atoms with Crippen LogP contribution in [0.5, 0.6) is 0 Å². The van der Waals surface area contributed by atoms with Crippen molar-refractivity contribution < 1.29 is 73.7 Å². The Morgan fingerprint density at radius 3 is 1.85 bits per heavy atom. The Morgan fingerprint density at radius 2 is 1.77 bits per heavy atom. The molecule has 0 heterocycles. The second-order valence-corrected chi connectivity index (χ2v) is 2.81. The number of amides is 2. The molecule has 0 aliphatic carbocycles. The van der Waals surface area contributed by atoms with Crippen molar-refractivity contribution in [3.8, 4) is 0 Å². The maximum Gasteiger partial charge on any atom is 1.00 e. The molecular weight excluding hydrogens is 247 g/mol. The molecule has 0 aliphatic rings. The van der Waals surface area contributed by atoms with E-state index in [1.54, 1.807) is 0 Å². The quantitative estimate of drug-likeness (QED) is 0.195. The van der Waals surface area contributed by atoms with E-state index < -0.39 is 16.4 Å². The topological polar surface area (TPSA) is 130 Å². The van der Waals surface area contributed by atoms with Crippen LogP contribution < -0.4 is 62.4 Å². The van der Waals surface area contributed by atoms with E-state index in [1.807, 2.05) is 0 Å². The van der Waals surface area contributed by atoms with Crippen LogP contribution in [-0.4, -0.2) is 35.9 Å². The zero-order valence-electron chi connectivity index (χ0n) is 6.97. The zero-order valence-corrected chi connectivity index (χ0v) is 11.8. The molecule has 0 fully saturated rings. The van der Waals surface area contributed by atoms with Crippen molar-refractivity contribution in [2.75, 3.05) is 12.3 Å². The Kier molecular flexibility index (Phi) is 16.9. The van der Waals surface area contributed by atoms with Crippen molar-refractivity contribution >= 4 is 29.1 Å². The normalized spacial score (nSPS) is 8.85. The molecular formula is C3H10KN2O5S2+. The minimum absolute atomic E-state index is 0. The Hall–Kier alpha value is 1.13.